The Balaban J connectivity index is 0.00000288. The van der Waals surface area contributed by atoms with Crippen molar-refractivity contribution in [1.82, 2.24) is 10.6 Å². The van der Waals surface area contributed by atoms with Crippen molar-refractivity contribution in [3.8, 4) is 0 Å². The molecule has 1 atom stereocenters. The van der Waals surface area contributed by atoms with Gasteiger partial charge in [0.05, 0.1) is 18.1 Å². The Morgan fingerprint density at radius 1 is 1.29 bits per heavy atom. The molecule has 1 aromatic rings. The first-order chi connectivity index (χ1) is 11.1. The maximum atomic E-state index is 12.7. The average Bonchev–Trinajstić information content (AvgIpc) is 2.58. The first-order valence-electron chi connectivity index (χ1n) is 7.87. The lowest BCUT2D eigenvalue weighted by atomic mass is 9.78. The van der Waals surface area contributed by atoms with Gasteiger partial charge in [-0.15, -0.1) is 12.4 Å². The molecule has 0 saturated carbocycles. The molecule has 24 heavy (non-hydrogen) atoms. The van der Waals surface area contributed by atoms with E-state index in [1.807, 2.05) is 24.3 Å². The normalized spacial score (nSPS) is 17.6. The number of hydrogen-bond donors (Lipinski definition) is 2. The van der Waals surface area contributed by atoms with Crippen LogP contribution in [0, 0.1) is 5.41 Å². The Hall–Kier alpha value is -0.850. The molecule has 1 heterocycles. The van der Waals surface area contributed by atoms with Crippen LogP contribution >= 0.6 is 24.0 Å². The van der Waals surface area contributed by atoms with E-state index in [1.54, 1.807) is 14.2 Å². The molecule has 2 N–H and O–H groups in total. The maximum Gasteiger partial charge on any atom is 0.228 e. The summed E-state index contributed by atoms with van der Waals surface area (Å²) in [6.07, 6.45) is 1.37. The topological polar surface area (TPSA) is 59.6 Å². The number of hydrogen-bond acceptors (Lipinski definition) is 4. The van der Waals surface area contributed by atoms with Crippen LogP contribution in [0.25, 0.3) is 0 Å². The van der Waals surface area contributed by atoms with Crippen LogP contribution in [0.15, 0.2) is 24.3 Å². The number of rotatable bonds is 7. The van der Waals surface area contributed by atoms with Gasteiger partial charge in [0.15, 0.2) is 0 Å². The molecule has 2 rings (SSSR count). The zero-order chi connectivity index (χ0) is 16.7. The molecule has 5 nitrogen and oxygen atoms in total. The van der Waals surface area contributed by atoms with Gasteiger partial charge in [0.1, 0.15) is 0 Å². The quantitative estimate of drug-likeness (QED) is 0.767. The molecule has 1 aliphatic heterocycles. The highest BCUT2D eigenvalue weighted by atomic mass is 35.5. The standard InChI is InChI=1S/C17H25ClN2O3.ClH/c1-22-12-17(7-9-19-10-8-17)16(21)20-11-15(23-2)13-3-5-14(18)6-4-13;/h3-6,15,19H,7-12H2,1-2H3,(H,20,21);1H. The molecule has 0 aliphatic carbocycles. The monoisotopic (exact) mass is 376 g/mol. The average molecular weight is 377 g/mol. The Bertz CT molecular complexity index is 500. The molecule has 1 unspecified atom stereocenters. The molecule has 7 heteroatoms. The molecule has 1 aliphatic rings. The number of amides is 1. The number of piperidine rings is 1. The fraction of sp³-hybridized carbons (Fsp3) is 0.588. The number of methoxy groups -OCH3 is 2. The number of carbonyl (C=O) groups excluding carboxylic acids is 1. The summed E-state index contributed by atoms with van der Waals surface area (Å²) < 4.78 is 10.8. The number of halogens is 2. The fourth-order valence-corrected chi connectivity index (χ4v) is 3.13. The lowest BCUT2D eigenvalue weighted by Gasteiger charge is -2.35. The summed E-state index contributed by atoms with van der Waals surface area (Å²) in [6.45, 7) is 2.54. The Morgan fingerprint density at radius 2 is 1.92 bits per heavy atom. The van der Waals surface area contributed by atoms with E-state index in [2.05, 4.69) is 10.6 Å². The largest absolute Gasteiger partial charge is 0.384 e. The SMILES string of the molecule is COCC1(C(=O)NCC(OC)c2ccc(Cl)cc2)CCNCC1.Cl. The van der Waals surface area contributed by atoms with E-state index in [0.29, 0.717) is 18.2 Å². The van der Waals surface area contributed by atoms with E-state index >= 15 is 0 Å². The zero-order valence-electron chi connectivity index (χ0n) is 14.1. The molecule has 1 amide bonds. The second-order valence-corrected chi connectivity index (χ2v) is 6.39. The third-order valence-corrected chi connectivity index (χ3v) is 4.69. The second kappa shape index (κ2) is 10.2. The lowest BCUT2D eigenvalue weighted by molar-refractivity contribution is -0.136. The number of benzene rings is 1. The van der Waals surface area contributed by atoms with Crippen molar-refractivity contribution in [2.45, 2.75) is 18.9 Å². The Labute approximate surface area is 154 Å². The maximum absolute atomic E-state index is 12.7. The highest BCUT2D eigenvalue weighted by molar-refractivity contribution is 6.30. The van der Waals surface area contributed by atoms with Gasteiger partial charge in [-0.3, -0.25) is 4.79 Å². The van der Waals surface area contributed by atoms with E-state index in [-0.39, 0.29) is 24.4 Å². The molecule has 0 aromatic heterocycles. The van der Waals surface area contributed by atoms with Gasteiger partial charge >= 0.3 is 0 Å². The van der Waals surface area contributed by atoms with E-state index in [9.17, 15) is 4.79 Å². The highest BCUT2D eigenvalue weighted by Crippen LogP contribution is 2.29. The van der Waals surface area contributed by atoms with Crippen LogP contribution in [0.1, 0.15) is 24.5 Å². The summed E-state index contributed by atoms with van der Waals surface area (Å²) in [5.74, 6) is 0.0388. The summed E-state index contributed by atoms with van der Waals surface area (Å²) >= 11 is 5.91. The van der Waals surface area contributed by atoms with Crippen LogP contribution in [-0.4, -0.2) is 46.4 Å². The number of nitrogens with one attached hydrogen (secondary N) is 2. The van der Waals surface area contributed by atoms with Crippen LogP contribution in [-0.2, 0) is 14.3 Å². The fourth-order valence-electron chi connectivity index (χ4n) is 3.01. The van der Waals surface area contributed by atoms with Crippen molar-refractivity contribution >= 4 is 29.9 Å². The summed E-state index contributed by atoms with van der Waals surface area (Å²) in [4.78, 5) is 12.7. The summed E-state index contributed by atoms with van der Waals surface area (Å²) in [5, 5.41) is 7.01. The predicted octanol–water partition coefficient (Wildman–Crippen LogP) is 2.58. The van der Waals surface area contributed by atoms with Crippen molar-refractivity contribution in [1.29, 1.82) is 0 Å². The molecular weight excluding hydrogens is 351 g/mol. The van der Waals surface area contributed by atoms with Gasteiger partial charge in [0.2, 0.25) is 5.91 Å². The third kappa shape index (κ3) is 5.33. The third-order valence-electron chi connectivity index (χ3n) is 4.44. The minimum atomic E-state index is -0.446. The first kappa shape index (κ1) is 21.2. The summed E-state index contributed by atoms with van der Waals surface area (Å²) in [7, 11) is 3.28. The minimum absolute atomic E-state index is 0. The second-order valence-electron chi connectivity index (χ2n) is 5.95. The first-order valence-corrected chi connectivity index (χ1v) is 8.25. The van der Waals surface area contributed by atoms with Crippen LogP contribution < -0.4 is 10.6 Å². The van der Waals surface area contributed by atoms with Crippen LogP contribution in [0.5, 0.6) is 0 Å². The van der Waals surface area contributed by atoms with Crippen molar-refractivity contribution in [2.24, 2.45) is 5.41 Å². The highest BCUT2D eigenvalue weighted by Gasteiger charge is 2.39. The molecule has 1 saturated heterocycles. The summed E-state index contributed by atoms with van der Waals surface area (Å²) in [5.41, 5.74) is 0.543. The van der Waals surface area contributed by atoms with Crippen molar-refractivity contribution in [2.75, 3.05) is 40.5 Å². The summed E-state index contributed by atoms with van der Waals surface area (Å²) in [6, 6.07) is 7.48. The van der Waals surface area contributed by atoms with Gasteiger partial charge in [0.25, 0.3) is 0 Å². The van der Waals surface area contributed by atoms with Gasteiger partial charge in [-0.25, -0.2) is 0 Å². The van der Waals surface area contributed by atoms with E-state index < -0.39 is 5.41 Å². The Morgan fingerprint density at radius 3 is 2.46 bits per heavy atom. The lowest BCUT2D eigenvalue weighted by Crippen LogP contribution is -2.50. The van der Waals surface area contributed by atoms with Crippen LogP contribution in [0.2, 0.25) is 5.02 Å². The predicted molar refractivity (Wildman–Crippen MR) is 97.9 cm³/mol. The van der Waals surface area contributed by atoms with Gasteiger partial charge < -0.3 is 20.1 Å². The minimum Gasteiger partial charge on any atom is -0.384 e. The number of carbonyl (C=O) groups is 1. The molecule has 0 bridgehead atoms. The van der Waals surface area contributed by atoms with Gasteiger partial charge in [-0.05, 0) is 43.6 Å². The molecule has 1 fully saturated rings. The smallest absolute Gasteiger partial charge is 0.228 e. The molecular formula is C17H26Cl2N2O3. The molecule has 136 valence electrons. The Kier molecular flexibility index (Phi) is 9.02. The van der Waals surface area contributed by atoms with Gasteiger partial charge in [-0.1, -0.05) is 23.7 Å². The van der Waals surface area contributed by atoms with Crippen molar-refractivity contribution in [3.05, 3.63) is 34.9 Å². The molecule has 1 aromatic carbocycles. The van der Waals surface area contributed by atoms with Gasteiger partial charge in [-0.2, -0.15) is 0 Å². The van der Waals surface area contributed by atoms with Crippen LogP contribution in [0.3, 0.4) is 0 Å². The van der Waals surface area contributed by atoms with E-state index in [4.69, 9.17) is 21.1 Å². The number of ether oxygens (including phenoxy) is 2. The van der Waals surface area contributed by atoms with Crippen LogP contribution in [0.4, 0.5) is 0 Å². The van der Waals surface area contributed by atoms with Crippen molar-refractivity contribution in [3.63, 3.8) is 0 Å². The van der Waals surface area contributed by atoms with Crippen molar-refractivity contribution < 1.29 is 14.3 Å². The van der Waals surface area contributed by atoms with E-state index in [1.165, 1.54) is 0 Å². The van der Waals surface area contributed by atoms with E-state index in [0.717, 1.165) is 31.5 Å². The molecule has 0 radical (unpaired) electrons. The molecule has 0 spiro atoms. The zero-order valence-corrected chi connectivity index (χ0v) is 15.7. The van der Waals surface area contributed by atoms with Gasteiger partial charge in [0, 0.05) is 25.8 Å².